The largest absolute Gasteiger partial charge is 0.486 e. The molecule has 2 N–H and O–H groups in total. The highest BCUT2D eigenvalue weighted by molar-refractivity contribution is 5.92. The van der Waals surface area contributed by atoms with Crippen LogP contribution in [0.5, 0.6) is 5.75 Å². The van der Waals surface area contributed by atoms with Crippen molar-refractivity contribution in [3.05, 3.63) is 54.0 Å². The van der Waals surface area contributed by atoms with Crippen molar-refractivity contribution in [2.45, 2.75) is 45.5 Å². The van der Waals surface area contributed by atoms with E-state index in [9.17, 15) is 14.4 Å². The van der Waals surface area contributed by atoms with Crippen LogP contribution in [0.15, 0.2) is 46.9 Å². The Hall–Kier alpha value is -3.53. The van der Waals surface area contributed by atoms with E-state index in [-0.39, 0.29) is 36.4 Å². The van der Waals surface area contributed by atoms with E-state index < -0.39 is 11.9 Å². The molecule has 2 aliphatic rings. The van der Waals surface area contributed by atoms with Gasteiger partial charge in [-0.2, -0.15) is 0 Å². The minimum atomic E-state index is -0.565. The summed E-state index contributed by atoms with van der Waals surface area (Å²) in [6.07, 6.45) is 1.23. The number of carbonyl (C=O) groups excluding carboxylic acids is 3. The number of carbonyl (C=O) groups is 3. The van der Waals surface area contributed by atoms with Crippen LogP contribution >= 0.6 is 0 Å². The van der Waals surface area contributed by atoms with Gasteiger partial charge in [0.05, 0.1) is 12.2 Å². The Kier molecular flexibility index (Phi) is 7.91. The molecule has 0 radical (unpaired) electrons. The molecule has 4 amide bonds. The molecular formula is C25H32N4O6. The molecule has 3 heterocycles. The lowest BCUT2D eigenvalue weighted by Crippen LogP contribution is -2.54. The Morgan fingerprint density at radius 2 is 1.63 bits per heavy atom. The number of para-hydroxylation sites is 1. The number of furan rings is 1. The minimum Gasteiger partial charge on any atom is -0.486 e. The summed E-state index contributed by atoms with van der Waals surface area (Å²) in [5, 5.41) is 0. The molecule has 10 heteroatoms. The van der Waals surface area contributed by atoms with Crippen LogP contribution in [0, 0.1) is 5.92 Å². The Bertz CT molecular complexity index is 1010. The Morgan fingerprint density at radius 3 is 2.31 bits per heavy atom. The van der Waals surface area contributed by atoms with Gasteiger partial charge in [0.1, 0.15) is 18.1 Å². The van der Waals surface area contributed by atoms with Gasteiger partial charge in [-0.15, -0.1) is 0 Å². The molecule has 0 bridgehead atoms. The molecule has 2 aromatic rings. The number of nitrogens with one attached hydrogen (secondary N) is 2. The van der Waals surface area contributed by atoms with Crippen LogP contribution in [0.2, 0.25) is 0 Å². The normalized spacial score (nSPS) is 20.9. The maximum atomic E-state index is 12.9. The van der Waals surface area contributed by atoms with Gasteiger partial charge in [-0.05, 0) is 51.0 Å². The van der Waals surface area contributed by atoms with E-state index in [1.54, 1.807) is 11.0 Å². The van der Waals surface area contributed by atoms with E-state index in [0.717, 1.165) is 0 Å². The summed E-state index contributed by atoms with van der Waals surface area (Å²) >= 11 is 0. The van der Waals surface area contributed by atoms with Gasteiger partial charge >= 0.3 is 11.9 Å². The third kappa shape index (κ3) is 6.54. The third-order valence-corrected chi connectivity index (χ3v) is 6.16. The van der Waals surface area contributed by atoms with E-state index in [0.29, 0.717) is 50.5 Å². The summed E-state index contributed by atoms with van der Waals surface area (Å²) in [5.74, 6) is 0.707. The van der Waals surface area contributed by atoms with Gasteiger partial charge in [-0.25, -0.2) is 10.2 Å². The first-order chi connectivity index (χ1) is 16.9. The van der Waals surface area contributed by atoms with E-state index in [2.05, 4.69) is 10.9 Å². The molecule has 0 aliphatic carbocycles. The molecule has 2 unspecified atom stereocenters. The van der Waals surface area contributed by atoms with Crippen LogP contribution in [0.1, 0.15) is 43.0 Å². The van der Waals surface area contributed by atoms with Crippen molar-refractivity contribution in [1.29, 1.82) is 0 Å². The lowest BCUT2D eigenvalue weighted by Gasteiger charge is -2.39. The molecule has 0 spiro atoms. The first-order valence-electron chi connectivity index (χ1n) is 11.9. The average Bonchev–Trinajstić information content (AvgIpc) is 3.35. The number of hydrogen-bond donors (Lipinski definition) is 2. The predicted molar refractivity (Wildman–Crippen MR) is 126 cm³/mol. The number of benzene rings is 1. The lowest BCUT2D eigenvalue weighted by atomic mass is 9.95. The zero-order valence-corrected chi connectivity index (χ0v) is 20.1. The molecule has 2 aliphatic heterocycles. The van der Waals surface area contributed by atoms with Crippen molar-refractivity contribution in [1.82, 2.24) is 20.7 Å². The van der Waals surface area contributed by atoms with Gasteiger partial charge < -0.3 is 23.7 Å². The zero-order chi connectivity index (χ0) is 24.8. The van der Waals surface area contributed by atoms with Crippen LogP contribution in [-0.4, -0.2) is 66.0 Å². The molecule has 2 saturated heterocycles. The third-order valence-electron chi connectivity index (χ3n) is 6.16. The van der Waals surface area contributed by atoms with Crippen LogP contribution < -0.4 is 15.6 Å². The first kappa shape index (κ1) is 24.6. The number of ether oxygens (including phenoxy) is 2. The lowest BCUT2D eigenvalue weighted by molar-refractivity contribution is -0.148. The monoisotopic (exact) mass is 484 g/mol. The van der Waals surface area contributed by atoms with Crippen LogP contribution in [-0.2, 0) is 16.1 Å². The maximum absolute atomic E-state index is 12.9. The van der Waals surface area contributed by atoms with Crippen molar-refractivity contribution in [2.75, 3.05) is 26.2 Å². The van der Waals surface area contributed by atoms with Gasteiger partial charge in [0, 0.05) is 32.1 Å². The number of hydrogen-bond acceptors (Lipinski definition) is 6. The number of nitrogens with zero attached hydrogens (tertiary/aromatic N) is 2. The highest BCUT2D eigenvalue weighted by Gasteiger charge is 2.33. The van der Waals surface area contributed by atoms with Crippen molar-refractivity contribution >= 4 is 17.8 Å². The van der Waals surface area contributed by atoms with Crippen LogP contribution in [0.4, 0.5) is 4.79 Å². The molecule has 1 aromatic carbocycles. The summed E-state index contributed by atoms with van der Waals surface area (Å²) in [5.41, 5.74) is 4.80. The number of amides is 4. The first-order valence-corrected chi connectivity index (χ1v) is 11.9. The summed E-state index contributed by atoms with van der Waals surface area (Å²) in [6.45, 7) is 6.20. The Labute approximate surface area is 204 Å². The molecule has 35 heavy (non-hydrogen) atoms. The SMILES string of the molecule is CC1CN(C(=O)C2CCN(C(=O)NNC(=O)c3ccc(COc4ccccc4)o3)CC2)CC(C)O1. The Balaban J connectivity index is 1.18. The van der Waals surface area contributed by atoms with Crippen molar-refractivity contribution in [2.24, 2.45) is 5.92 Å². The predicted octanol–water partition coefficient (Wildman–Crippen LogP) is 2.56. The number of likely N-dealkylation sites (tertiary alicyclic amines) is 1. The molecule has 4 rings (SSSR count). The Morgan fingerprint density at radius 1 is 0.943 bits per heavy atom. The van der Waals surface area contributed by atoms with Crippen molar-refractivity contribution < 1.29 is 28.3 Å². The van der Waals surface area contributed by atoms with Crippen molar-refractivity contribution in [3.63, 3.8) is 0 Å². The highest BCUT2D eigenvalue weighted by Crippen LogP contribution is 2.22. The molecule has 2 atom stereocenters. The number of piperidine rings is 1. The molecular weight excluding hydrogens is 452 g/mol. The summed E-state index contributed by atoms with van der Waals surface area (Å²) in [7, 11) is 0. The summed E-state index contributed by atoms with van der Waals surface area (Å²) in [4.78, 5) is 41.2. The minimum absolute atomic E-state index is 0.0267. The fourth-order valence-electron chi connectivity index (χ4n) is 4.45. The van der Waals surface area contributed by atoms with Gasteiger partial charge in [0.2, 0.25) is 5.91 Å². The quantitative estimate of drug-likeness (QED) is 0.631. The smallest absolute Gasteiger partial charge is 0.336 e. The van der Waals surface area contributed by atoms with E-state index in [4.69, 9.17) is 13.9 Å². The van der Waals surface area contributed by atoms with Crippen molar-refractivity contribution in [3.8, 4) is 5.75 Å². The second kappa shape index (κ2) is 11.3. The fraction of sp³-hybridized carbons (Fsp3) is 0.480. The fourth-order valence-corrected chi connectivity index (χ4v) is 4.45. The average molecular weight is 485 g/mol. The van der Waals surface area contributed by atoms with E-state index >= 15 is 0 Å². The standard InChI is InChI=1S/C25H32N4O6/c1-17-14-29(15-18(2)34-17)24(31)19-10-12-28(13-11-19)25(32)27-26-23(30)22-9-8-21(35-22)16-33-20-6-4-3-5-7-20/h3-9,17-19H,10-16H2,1-2H3,(H,26,30)(H,27,32). The summed E-state index contributed by atoms with van der Waals surface area (Å²) < 4.78 is 16.8. The maximum Gasteiger partial charge on any atom is 0.336 e. The topological polar surface area (TPSA) is 113 Å². The van der Waals surface area contributed by atoms with Gasteiger partial charge in [0.25, 0.3) is 0 Å². The molecule has 2 fully saturated rings. The number of rotatable bonds is 5. The zero-order valence-electron chi connectivity index (χ0n) is 20.1. The molecule has 1 aromatic heterocycles. The van der Waals surface area contributed by atoms with Gasteiger partial charge in [-0.3, -0.25) is 15.0 Å². The van der Waals surface area contributed by atoms with E-state index in [1.807, 2.05) is 49.1 Å². The van der Waals surface area contributed by atoms with Gasteiger partial charge in [-0.1, -0.05) is 18.2 Å². The second-order valence-corrected chi connectivity index (χ2v) is 9.01. The number of hydrazine groups is 1. The molecule has 10 nitrogen and oxygen atoms in total. The van der Waals surface area contributed by atoms with Crippen LogP contribution in [0.25, 0.3) is 0 Å². The van der Waals surface area contributed by atoms with Gasteiger partial charge in [0.15, 0.2) is 5.76 Å². The molecule has 188 valence electrons. The number of morpholine rings is 1. The van der Waals surface area contributed by atoms with Crippen LogP contribution in [0.3, 0.4) is 0 Å². The second-order valence-electron chi connectivity index (χ2n) is 9.01. The van der Waals surface area contributed by atoms with E-state index in [1.165, 1.54) is 6.07 Å². The number of urea groups is 1. The summed E-state index contributed by atoms with van der Waals surface area (Å²) in [6, 6.07) is 12.0. The highest BCUT2D eigenvalue weighted by atomic mass is 16.5. The molecule has 0 saturated carbocycles.